The zero-order valence-electron chi connectivity index (χ0n) is 12.8. The quantitative estimate of drug-likeness (QED) is 0.750. The molecule has 1 aromatic heterocycles. The molecule has 1 heterocycles. The average molecular weight is 326 g/mol. The summed E-state index contributed by atoms with van der Waals surface area (Å²) in [6.07, 6.45) is 0. The number of nitrogens with one attached hydrogen (secondary N) is 1. The SMILES string of the molecule is Cc1ccc(-c2csc(NC(=O)c3cc(F)ccc3C)n2)cc1. The molecule has 1 amide bonds. The van der Waals surface area contributed by atoms with Crippen LogP contribution in [-0.4, -0.2) is 10.9 Å². The van der Waals surface area contributed by atoms with Crippen LogP contribution in [0.2, 0.25) is 0 Å². The highest BCUT2D eigenvalue weighted by molar-refractivity contribution is 7.14. The van der Waals surface area contributed by atoms with Gasteiger partial charge >= 0.3 is 0 Å². The minimum absolute atomic E-state index is 0.317. The van der Waals surface area contributed by atoms with Gasteiger partial charge in [-0.15, -0.1) is 11.3 Å². The molecule has 0 aliphatic carbocycles. The highest BCUT2D eigenvalue weighted by Gasteiger charge is 2.13. The molecule has 23 heavy (non-hydrogen) atoms. The number of anilines is 1. The zero-order valence-corrected chi connectivity index (χ0v) is 13.6. The van der Waals surface area contributed by atoms with Crippen molar-refractivity contribution in [3.05, 3.63) is 70.4 Å². The van der Waals surface area contributed by atoms with Crippen LogP contribution in [0.5, 0.6) is 0 Å². The minimum atomic E-state index is -0.430. The predicted octanol–water partition coefficient (Wildman–Crippen LogP) is 4.82. The Balaban J connectivity index is 1.80. The van der Waals surface area contributed by atoms with E-state index in [0.29, 0.717) is 10.7 Å². The highest BCUT2D eigenvalue weighted by atomic mass is 32.1. The number of carbonyl (C=O) groups excluding carboxylic acids is 1. The molecule has 0 bridgehead atoms. The molecule has 116 valence electrons. The smallest absolute Gasteiger partial charge is 0.257 e. The Morgan fingerprint density at radius 1 is 1.13 bits per heavy atom. The molecule has 0 saturated heterocycles. The summed E-state index contributed by atoms with van der Waals surface area (Å²) >= 11 is 1.34. The molecule has 3 rings (SSSR count). The number of amides is 1. The molecule has 0 aliphatic heterocycles. The number of benzene rings is 2. The number of rotatable bonds is 3. The molecule has 2 aromatic carbocycles. The van der Waals surface area contributed by atoms with Gasteiger partial charge in [0.15, 0.2) is 5.13 Å². The maximum atomic E-state index is 13.3. The van der Waals surface area contributed by atoms with Gasteiger partial charge in [-0.25, -0.2) is 9.37 Å². The van der Waals surface area contributed by atoms with E-state index in [1.807, 2.05) is 36.6 Å². The standard InChI is InChI=1S/C18H15FN2OS/c1-11-3-6-13(7-4-11)16-10-23-18(20-16)21-17(22)15-9-14(19)8-5-12(15)2/h3-10H,1-2H3,(H,20,21,22). The maximum absolute atomic E-state index is 13.3. The van der Waals surface area contributed by atoms with Gasteiger partial charge in [-0.2, -0.15) is 0 Å². The first-order valence-corrected chi connectivity index (χ1v) is 8.01. The third kappa shape index (κ3) is 3.46. The molecular formula is C18H15FN2OS. The van der Waals surface area contributed by atoms with Crippen LogP contribution in [0.4, 0.5) is 9.52 Å². The number of carbonyl (C=O) groups is 1. The van der Waals surface area contributed by atoms with Gasteiger partial charge in [-0.1, -0.05) is 35.9 Å². The first-order valence-electron chi connectivity index (χ1n) is 7.13. The number of hydrogen-bond donors (Lipinski definition) is 1. The zero-order chi connectivity index (χ0) is 16.4. The van der Waals surface area contributed by atoms with Gasteiger partial charge in [0.2, 0.25) is 0 Å². The highest BCUT2D eigenvalue weighted by Crippen LogP contribution is 2.25. The topological polar surface area (TPSA) is 42.0 Å². The van der Waals surface area contributed by atoms with Crippen molar-refractivity contribution in [2.24, 2.45) is 0 Å². The van der Waals surface area contributed by atoms with Gasteiger partial charge in [0.1, 0.15) is 5.82 Å². The molecule has 0 atom stereocenters. The van der Waals surface area contributed by atoms with E-state index in [-0.39, 0.29) is 5.91 Å². The molecule has 5 heteroatoms. The second kappa shape index (κ2) is 6.30. The molecule has 0 unspecified atom stereocenters. The van der Waals surface area contributed by atoms with Crippen molar-refractivity contribution in [2.75, 3.05) is 5.32 Å². The first kappa shape index (κ1) is 15.4. The second-order valence-corrected chi connectivity index (χ2v) is 6.18. The summed E-state index contributed by atoms with van der Waals surface area (Å²) in [5, 5.41) is 5.11. The van der Waals surface area contributed by atoms with Gasteiger partial charge in [-0.3, -0.25) is 10.1 Å². The number of hydrogen-bond acceptors (Lipinski definition) is 3. The minimum Gasteiger partial charge on any atom is -0.298 e. The molecule has 0 aliphatic rings. The Labute approximate surface area is 137 Å². The average Bonchev–Trinajstić information content (AvgIpc) is 2.99. The monoisotopic (exact) mass is 326 g/mol. The van der Waals surface area contributed by atoms with Crippen LogP contribution in [0.15, 0.2) is 47.8 Å². The third-order valence-corrected chi connectivity index (χ3v) is 4.27. The van der Waals surface area contributed by atoms with Crippen LogP contribution < -0.4 is 5.32 Å². The lowest BCUT2D eigenvalue weighted by Crippen LogP contribution is -2.13. The van der Waals surface area contributed by atoms with Crippen molar-refractivity contribution in [1.82, 2.24) is 4.98 Å². The first-order chi connectivity index (χ1) is 11.0. The van der Waals surface area contributed by atoms with Crippen LogP contribution >= 0.6 is 11.3 Å². The van der Waals surface area contributed by atoms with Crippen LogP contribution in [0, 0.1) is 19.7 Å². The Morgan fingerprint density at radius 3 is 2.61 bits per heavy atom. The van der Waals surface area contributed by atoms with Crippen molar-refractivity contribution in [3.8, 4) is 11.3 Å². The summed E-state index contributed by atoms with van der Waals surface area (Å²) in [6.45, 7) is 3.80. The van der Waals surface area contributed by atoms with E-state index in [4.69, 9.17) is 0 Å². The number of aromatic nitrogens is 1. The summed E-state index contributed by atoms with van der Waals surface area (Å²) in [6, 6.07) is 12.2. The fraction of sp³-hybridized carbons (Fsp3) is 0.111. The van der Waals surface area contributed by atoms with Gasteiger partial charge in [0.25, 0.3) is 5.91 Å². The molecule has 0 saturated carbocycles. The molecule has 3 aromatic rings. The summed E-state index contributed by atoms with van der Waals surface area (Å²) in [5.41, 5.74) is 4.02. The number of thiazole rings is 1. The lowest BCUT2D eigenvalue weighted by molar-refractivity contribution is 0.102. The van der Waals surface area contributed by atoms with E-state index in [0.717, 1.165) is 16.8 Å². The van der Waals surface area contributed by atoms with Crippen LogP contribution in [0.25, 0.3) is 11.3 Å². The van der Waals surface area contributed by atoms with Crippen molar-refractivity contribution in [1.29, 1.82) is 0 Å². The lowest BCUT2D eigenvalue weighted by atomic mass is 10.1. The Kier molecular flexibility index (Phi) is 4.21. The Hall–Kier alpha value is -2.53. The van der Waals surface area contributed by atoms with E-state index in [1.54, 1.807) is 13.0 Å². The number of halogens is 1. The summed E-state index contributed by atoms with van der Waals surface area (Å²) in [7, 11) is 0. The molecule has 3 nitrogen and oxygen atoms in total. The van der Waals surface area contributed by atoms with E-state index < -0.39 is 5.82 Å². The predicted molar refractivity (Wildman–Crippen MR) is 91.4 cm³/mol. The number of nitrogens with zero attached hydrogens (tertiary/aromatic N) is 1. The fourth-order valence-electron chi connectivity index (χ4n) is 2.19. The van der Waals surface area contributed by atoms with Crippen molar-refractivity contribution in [2.45, 2.75) is 13.8 Å². The summed E-state index contributed by atoms with van der Waals surface area (Å²) in [4.78, 5) is 16.7. The van der Waals surface area contributed by atoms with E-state index in [1.165, 1.54) is 29.0 Å². The molecule has 0 spiro atoms. The van der Waals surface area contributed by atoms with Gasteiger partial charge in [0, 0.05) is 16.5 Å². The van der Waals surface area contributed by atoms with Crippen LogP contribution in [0.1, 0.15) is 21.5 Å². The van der Waals surface area contributed by atoms with Crippen molar-refractivity contribution < 1.29 is 9.18 Å². The third-order valence-electron chi connectivity index (χ3n) is 3.52. The largest absolute Gasteiger partial charge is 0.298 e. The van der Waals surface area contributed by atoms with Gasteiger partial charge in [-0.05, 0) is 31.5 Å². The normalized spacial score (nSPS) is 10.6. The molecular weight excluding hydrogens is 311 g/mol. The molecule has 1 N–H and O–H groups in total. The van der Waals surface area contributed by atoms with Crippen molar-refractivity contribution in [3.63, 3.8) is 0 Å². The fourth-order valence-corrected chi connectivity index (χ4v) is 2.91. The maximum Gasteiger partial charge on any atom is 0.257 e. The van der Waals surface area contributed by atoms with Crippen molar-refractivity contribution >= 4 is 22.4 Å². The van der Waals surface area contributed by atoms with E-state index >= 15 is 0 Å². The Morgan fingerprint density at radius 2 is 1.87 bits per heavy atom. The number of aryl methyl sites for hydroxylation is 2. The molecule has 0 radical (unpaired) electrons. The van der Waals surface area contributed by atoms with E-state index in [9.17, 15) is 9.18 Å². The Bertz CT molecular complexity index is 856. The summed E-state index contributed by atoms with van der Waals surface area (Å²) in [5.74, 6) is -0.785. The summed E-state index contributed by atoms with van der Waals surface area (Å²) < 4.78 is 13.3. The lowest BCUT2D eigenvalue weighted by Gasteiger charge is -2.05. The van der Waals surface area contributed by atoms with Gasteiger partial charge in [0.05, 0.1) is 5.69 Å². The van der Waals surface area contributed by atoms with Crippen LogP contribution in [-0.2, 0) is 0 Å². The molecule has 0 fully saturated rings. The van der Waals surface area contributed by atoms with Crippen LogP contribution in [0.3, 0.4) is 0 Å². The van der Waals surface area contributed by atoms with Gasteiger partial charge < -0.3 is 0 Å². The second-order valence-electron chi connectivity index (χ2n) is 5.32. The van der Waals surface area contributed by atoms with E-state index in [2.05, 4.69) is 10.3 Å².